The fourth-order valence-electron chi connectivity index (χ4n) is 1.50. The van der Waals surface area contributed by atoms with Crippen LogP contribution >= 0.6 is 6.72 Å². The normalized spacial score (nSPS) is 11.7. The molecule has 0 aliphatic heterocycles. The van der Waals surface area contributed by atoms with Crippen LogP contribution in [0.5, 0.6) is 0 Å². The lowest BCUT2D eigenvalue weighted by molar-refractivity contribution is -0.119. The molecule has 0 aromatic rings. The van der Waals surface area contributed by atoms with Crippen LogP contribution in [0.25, 0.3) is 0 Å². The summed E-state index contributed by atoms with van der Waals surface area (Å²) >= 11 is 4.29. The zero-order chi connectivity index (χ0) is 19.5. The molecule has 0 aromatic heterocycles. The number of hydrogen-bond donors (Lipinski definition) is 3. The molecule has 0 aliphatic carbocycles. The first kappa shape index (κ1) is 25.8. The van der Waals surface area contributed by atoms with Crippen LogP contribution in [0, 0.1) is 0 Å². The van der Waals surface area contributed by atoms with Crippen molar-refractivity contribution in [2.75, 3.05) is 79.2 Å². The van der Waals surface area contributed by atoms with Crippen LogP contribution < -0.4 is 5.32 Å². The van der Waals surface area contributed by atoms with Gasteiger partial charge in [-0.2, -0.15) is 0 Å². The Labute approximate surface area is 159 Å². The smallest absolute Gasteiger partial charge is 0.321 e. The molecule has 0 bridgehead atoms. The molecule has 0 aromatic carbocycles. The van der Waals surface area contributed by atoms with Crippen LogP contribution in [0.4, 0.5) is 0 Å². The van der Waals surface area contributed by atoms with Gasteiger partial charge in [0.2, 0.25) is 5.91 Å². The van der Waals surface area contributed by atoms with Crippen LogP contribution in [0.3, 0.4) is 0 Å². The van der Waals surface area contributed by atoms with Gasteiger partial charge in [0.15, 0.2) is 0 Å². The van der Waals surface area contributed by atoms with E-state index in [0.717, 1.165) is 0 Å². The predicted octanol–water partition coefficient (Wildman–Crippen LogP) is -0.569. The number of ether oxygens (including phenoxy) is 5. The summed E-state index contributed by atoms with van der Waals surface area (Å²) in [6.07, 6.45) is 0. The average molecular weight is 419 g/mol. The number of carbonyl (C=O) groups is 1. The number of rotatable bonds is 19. The number of amides is 1. The van der Waals surface area contributed by atoms with Gasteiger partial charge in [-0.1, -0.05) is 0 Å². The SMILES string of the molecule is CC(=O)NCCOCCOCCOCCOCCOCCOP(O)(O)=S. The Balaban J connectivity index is 3.05. The van der Waals surface area contributed by atoms with Crippen LogP contribution in [0.1, 0.15) is 6.92 Å². The molecule has 0 rings (SSSR count). The van der Waals surface area contributed by atoms with Gasteiger partial charge in [0.1, 0.15) is 0 Å². The van der Waals surface area contributed by atoms with Gasteiger partial charge in [-0.05, 0) is 11.8 Å². The highest BCUT2D eigenvalue weighted by molar-refractivity contribution is 8.06. The van der Waals surface area contributed by atoms with Gasteiger partial charge in [-0.15, -0.1) is 0 Å². The molecule has 1 amide bonds. The first-order chi connectivity index (χ1) is 12.4. The minimum absolute atomic E-state index is 0.0354. The Kier molecular flexibility index (Phi) is 18.0. The molecule has 0 saturated carbocycles. The van der Waals surface area contributed by atoms with E-state index in [1.54, 1.807) is 0 Å². The largest absolute Gasteiger partial charge is 0.377 e. The van der Waals surface area contributed by atoms with E-state index in [-0.39, 0.29) is 19.1 Å². The average Bonchev–Trinajstić information content (AvgIpc) is 2.55. The number of nitrogens with one attached hydrogen (secondary N) is 1. The van der Waals surface area contributed by atoms with Crippen LogP contribution in [-0.2, 0) is 44.8 Å². The molecular formula is C14H30NO9PS. The van der Waals surface area contributed by atoms with Gasteiger partial charge in [0.05, 0.1) is 72.7 Å². The molecule has 10 nitrogen and oxygen atoms in total. The second-order valence-corrected chi connectivity index (χ2v) is 7.53. The number of carbonyl (C=O) groups excluding carboxylic acids is 1. The maximum absolute atomic E-state index is 10.6. The highest BCUT2D eigenvalue weighted by Crippen LogP contribution is 2.35. The zero-order valence-corrected chi connectivity index (χ0v) is 16.8. The number of hydrogen-bond acceptors (Lipinski definition) is 8. The van der Waals surface area contributed by atoms with E-state index < -0.39 is 6.72 Å². The minimum Gasteiger partial charge on any atom is -0.377 e. The molecule has 0 heterocycles. The Morgan fingerprint density at radius 2 is 1.12 bits per heavy atom. The van der Waals surface area contributed by atoms with Crippen molar-refractivity contribution in [3.8, 4) is 0 Å². The molecule has 0 atom stereocenters. The molecule has 0 aliphatic rings. The lowest BCUT2D eigenvalue weighted by Gasteiger charge is -2.09. The lowest BCUT2D eigenvalue weighted by Crippen LogP contribution is -2.25. The molecule has 0 unspecified atom stereocenters. The topological polar surface area (TPSA) is 125 Å². The van der Waals surface area contributed by atoms with E-state index in [9.17, 15) is 4.79 Å². The molecule has 3 N–H and O–H groups in total. The molecule has 0 radical (unpaired) electrons. The van der Waals surface area contributed by atoms with E-state index in [2.05, 4.69) is 21.6 Å². The summed E-state index contributed by atoms with van der Waals surface area (Å²) in [5.74, 6) is -0.0706. The standard InChI is InChI=1S/C14H30NO9PS/c1-14(16)15-2-3-19-4-5-20-6-7-21-8-9-22-10-11-23-12-13-24-25(17,18)26/h2-13H2,1H3,(H,15,16)(H2,17,18,26). The van der Waals surface area contributed by atoms with Crippen molar-refractivity contribution >= 4 is 24.4 Å². The Bertz CT molecular complexity index is 383. The molecular weight excluding hydrogens is 389 g/mol. The second-order valence-electron chi connectivity index (χ2n) is 4.87. The quantitative estimate of drug-likeness (QED) is 0.185. The zero-order valence-electron chi connectivity index (χ0n) is 15.1. The van der Waals surface area contributed by atoms with E-state index in [0.29, 0.717) is 66.0 Å². The van der Waals surface area contributed by atoms with E-state index in [1.807, 2.05) is 0 Å². The van der Waals surface area contributed by atoms with Gasteiger partial charge in [0, 0.05) is 13.5 Å². The Morgan fingerprint density at radius 1 is 0.769 bits per heavy atom. The first-order valence-electron chi connectivity index (χ1n) is 8.25. The summed E-state index contributed by atoms with van der Waals surface area (Å²) < 4.78 is 30.9. The summed E-state index contributed by atoms with van der Waals surface area (Å²) in [7, 11) is 0. The lowest BCUT2D eigenvalue weighted by atomic mass is 10.6. The second kappa shape index (κ2) is 18.2. The monoisotopic (exact) mass is 419 g/mol. The fraction of sp³-hybridized carbons (Fsp3) is 0.929. The van der Waals surface area contributed by atoms with Crippen molar-refractivity contribution in [3.63, 3.8) is 0 Å². The predicted molar refractivity (Wildman–Crippen MR) is 97.5 cm³/mol. The molecule has 12 heteroatoms. The Hall–Kier alpha value is -0.200. The van der Waals surface area contributed by atoms with Crippen molar-refractivity contribution in [3.05, 3.63) is 0 Å². The van der Waals surface area contributed by atoms with Gasteiger partial charge in [-0.25, -0.2) is 0 Å². The summed E-state index contributed by atoms with van der Waals surface area (Å²) in [5, 5.41) is 2.63. The summed E-state index contributed by atoms with van der Waals surface area (Å²) in [6.45, 7) is 2.65. The van der Waals surface area contributed by atoms with Crippen LogP contribution in [-0.4, -0.2) is 94.9 Å². The Morgan fingerprint density at radius 3 is 1.46 bits per heavy atom. The molecule has 0 fully saturated rings. The maximum atomic E-state index is 10.6. The van der Waals surface area contributed by atoms with Crippen molar-refractivity contribution < 1.29 is 42.8 Å². The molecule has 0 spiro atoms. The summed E-state index contributed by atoms with van der Waals surface area (Å²) in [5.41, 5.74) is 0. The molecule has 26 heavy (non-hydrogen) atoms. The van der Waals surface area contributed by atoms with Crippen molar-refractivity contribution in [1.29, 1.82) is 0 Å². The van der Waals surface area contributed by atoms with Gasteiger partial charge in [-0.3, -0.25) is 4.79 Å². The van der Waals surface area contributed by atoms with Crippen molar-refractivity contribution in [1.82, 2.24) is 5.32 Å². The van der Waals surface area contributed by atoms with Crippen LogP contribution in [0.15, 0.2) is 0 Å². The van der Waals surface area contributed by atoms with E-state index in [4.69, 9.17) is 33.5 Å². The fourth-order valence-corrected chi connectivity index (χ4v) is 2.03. The summed E-state index contributed by atoms with van der Waals surface area (Å²) in [4.78, 5) is 28.2. The van der Waals surface area contributed by atoms with Crippen molar-refractivity contribution in [2.45, 2.75) is 6.92 Å². The third kappa shape index (κ3) is 23.8. The highest BCUT2D eigenvalue weighted by Gasteiger charge is 2.06. The maximum Gasteiger partial charge on any atom is 0.321 e. The minimum atomic E-state index is -3.59. The van der Waals surface area contributed by atoms with Gasteiger partial charge >= 0.3 is 6.72 Å². The van der Waals surface area contributed by atoms with Gasteiger partial charge < -0.3 is 43.3 Å². The third-order valence-electron chi connectivity index (χ3n) is 2.60. The molecule has 156 valence electrons. The van der Waals surface area contributed by atoms with Crippen molar-refractivity contribution in [2.24, 2.45) is 0 Å². The van der Waals surface area contributed by atoms with E-state index >= 15 is 0 Å². The first-order valence-corrected chi connectivity index (χ1v) is 10.9. The third-order valence-corrected chi connectivity index (χ3v) is 3.43. The summed E-state index contributed by atoms with van der Waals surface area (Å²) in [6, 6.07) is 0. The van der Waals surface area contributed by atoms with E-state index in [1.165, 1.54) is 6.92 Å². The molecule has 0 saturated heterocycles. The highest BCUT2D eigenvalue weighted by atomic mass is 32.5. The van der Waals surface area contributed by atoms with Crippen LogP contribution in [0.2, 0.25) is 0 Å². The van der Waals surface area contributed by atoms with Gasteiger partial charge in [0.25, 0.3) is 0 Å².